The van der Waals surface area contributed by atoms with Gasteiger partial charge in [-0.1, -0.05) is 31.9 Å². The van der Waals surface area contributed by atoms with Gasteiger partial charge in [0.1, 0.15) is 4.83 Å². The van der Waals surface area contributed by atoms with Crippen molar-refractivity contribution in [2.24, 2.45) is 0 Å². The molecule has 0 bridgehead atoms. The van der Waals surface area contributed by atoms with Crippen molar-refractivity contribution in [1.82, 2.24) is 0 Å². The summed E-state index contributed by atoms with van der Waals surface area (Å²) >= 11 is 5.44. The third kappa shape index (κ3) is 3.28. The molecule has 1 unspecified atom stereocenters. The zero-order chi connectivity index (χ0) is 15.8. The van der Waals surface area contributed by atoms with Crippen LogP contribution in [-0.2, 0) is 0 Å². The first kappa shape index (κ1) is 16.8. The highest BCUT2D eigenvalue weighted by molar-refractivity contribution is 9.11. The van der Waals surface area contributed by atoms with Gasteiger partial charge in [0, 0.05) is 10.9 Å². The molecule has 118 valence electrons. The maximum Gasteiger partial charge on any atom is 0.454 e. The van der Waals surface area contributed by atoms with E-state index in [1.807, 2.05) is 0 Å². The molecule has 0 N–H and O–H groups in total. The lowest BCUT2D eigenvalue weighted by Gasteiger charge is -2.26. The van der Waals surface area contributed by atoms with Gasteiger partial charge in [-0.3, -0.25) is 0 Å². The summed E-state index contributed by atoms with van der Waals surface area (Å²) in [6.45, 7) is 0.686. The summed E-state index contributed by atoms with van der Waals surface area (Å²) in [5.74, 6) is -4.47. The average molecular weight is 440 g/mol. The van der Waals surface area contributed by atoms with Gasteiger partial charge in [-0.05, 0) is 17.7 Å². The minimum Gasteiger partial charge on any atom is -0.490 e. The van der Waals surface area contributed by atoms with Gasteiger partial charge in [0.05, 0.1) is 13.2 Å². The minimum atomic E-state index is -5.66. The summed E-state index contributed by atoms with van der Waals surface area (Å²) < 4.78 is 75.0. The smallest absolute Gasteiger partial charge is 0.454 e. The van der Waals surface area contributed by atoms with Crippen molar-refractivity contribution in [3.05, 3.63) is 22.2 Å². The van der Waals surface area contributed by atoms with E-state index in [1.165, 1.54) is 6.07 Å². The van der Waals surface area contributed by atoms with E-state index in [2.05, 4.69) is 31.9 Å². The van der Waals surface area contributed by atoms with Gasteiger partial charge in [0.2, 0.25) is 0 Å². The van der Waals surface area contributed by atoms with Crippen LogP contribution in [0.5, 0.6) is 11.5 Å². The van der Waals surface area contributed by atoms with Crippen molar-refractivity contribution in [2.45, 2.75) is 23.3 Å². The lowest BCUT2D eigenvalue weighted by Crippen LogP contribution is -2.40. The summed E-state index contributed by atoms with van der Waals surface area (Å²) in [5, 5.41) is 0. The van der Waals surface area contributed by atoms with Crippen LogP contribution in [0.25, 0.3) is 0 Å². The summed E-state index contributed by atoms with van der Waals surface area (Å²) in [7, 11) is 0. The molecule has 0 spiro atoms. The van der Waals surface area contributed by atoms with Gasteiger partial charge in [0.15, 0.2) is 11.5 Å². The van der Waals surface area contributed by atoms with Crippen molar-refractivity contribution in [1.29, 1.82) is 0 Å². The number of hydrogen-bond donors (Lipinski definition) is 0. The van der Waals surface area contributed by atoms with Crippen molar-refractivity contribution in [3.63, 3.8) is 0 Å². The van der Waals surface area contributed by atoms with Crippen LogP contribution in [0, 0.1) is 0 Å². The van der Waals surface area contributed by atoms with Crippen LogP contribution in [0.2, 0.25) is 0 Å². The third-order valence-electron chi connectivity index (χ3n) is 2.84. The quantitative estimate of drug-likeness (QED) is 0.463. The van der Waals surface area contributed by atoms with E-state index in [0.29, 0.717) is 25.4 Å². The fourth-order valence-electron chi connectivity index (χ4n) is 1.73. The first-order valence-electron chi connectivity index (χ1n) is 5.82. The Bertz CT molecular complexity index is 533. The van der Waals surface area contributed by atoms with E-state index in [9.17, 15) is 22.0 Å². The van der Waals surface area contributed by atoms with Crippen LogP contribution < -0.4 is 9.47 Å². The molecule has 1 aromatic rings. The zero-order valence-electron chi connectivity index (χ0n) is 10.3. The van der Waals surface area contributed by atoms with Gasteiger partial charge in [0.25, 0.3) is 0 Å². The monoisotopic (exact) mass is 438 g/mol. The maximum absolute atomic E-state index is 13.4. The molecular weight excluding hydrogens is 431 g/mol. The molecule has 2 nitrogen and oxygen atoms in total. The fourth-order valence-corrected chi connectivity index (χ4v) is 3.23. The second-order valence-electron chi connectivity index (χ2n) is 4.35. The van der Waals surface area contributed by atoms with Crippen molar-refractivity contribution in [2.75, 3.05) is 13.2 Å². The number of alkyl halides is 6. The first-order valence-corrected chi connectivity index (χ1v) is 7.53. The molecule has 9 heteroatoms. The summed E-state index contributed by atoms with van der Waals surface area (Å²) in [5.41, 5.74) is -0.262. The predicted molar refractivity (Wildman–Crippen MR) is 72.4 cm³/mol. The molecule has 0 radical (unpaired) electrons. The molecule has 1 aliphatic heterocycles. The summed E-state index contributed by atoms with van der Waals surface area (Å²) in [6.07, 6.45) is -5.07. The number of ether oxygens (including phenoxy) is 2. The first-order chi connectivity index (χ1) is 9.64. The number of benzene rings is 1. The van der Waals surface area contributed by atoms with Crippen LogP contribution in [0.15, 0.2) is 16.6 Å². The van der Waals surface area contributed by atoms with Crippen molar-refractivity contribution >= 4 is 31.9 Å². The lowest BCUT2D eigenvalue weighted by molar-refractivity contribution is -0.281. The third-order valence-corrected chi connectivity index (χ3v) is 4.59. The Morgan fingerprint density at radius 3 is 2.05 bits per heavy atom. The predicted octanol–water partition coefficient (Wildman–Crippen LogP) is 5.24. The molecule has 1 aromatic carbocycles. The number of fused-ring (bicyclic) bond motifs is 1. The van der Waals surface area contributed by atoms with E-state index in [0.717, 1.165) is 6.07 Å². The van der Waals surface area contributed by atoms with Gasteiger partial charge in [-0.25, -0.2) is 0 Å². The van der Waals surface area contributed by atoms with Gasteiger partial charge < -0.3 is 9.47 Å². The van der Waals surface area contributed by atoms with E-state index < -0.39 is 16.9 Å². The molecule has 1 heterocycles. The standard InChI is InChI=1S/C12H9Br2F5O2/c13-7-5-9-8(20-2-1-3-21-9)4-6(7)10(14)11(15,16)12(17,18)19/h4-5,10H,1-3H2. The topological polar surface area (TPSA) is 18.5 Å². The van der Waals surface area contributed by atoms with Crippen LogP contribution in [0.4, 0.5) is 22.0 Å². The largest absolute Gasteiger partial charge is 0.490 e. The highest BCUT2D eigenvalue weighted by atomic mass is 79.9. The summed E-state index contributed by atoms with van der Waals surface area (Å²) in [4.78, 5) is -2.24. The highest BCUT2D eigenvalue weighted by Gasteiger charge is 2.62. The molecule has 2 rings (SSSR count). The van der Waals surface area contributed by atoms with Crippen LogP contribution in [0.1, 0.15) is 16.8 Å². The second-order valence-corrected chi connectivity index (χ2v) is 6.12. The minimum absolute atomic E-state index is 0.0811. The number of halogens is 7. The Morgan fingerprint density at radius 1 is 1.00 bits per heavy atom. The molecule has 0 amide bonds. The molecule has 0 saturated heterocycles. The number of hydrogen-bond acceptors (Lipinski definition) is 2. The Hall–Kier alpha value is -0.570. The fraction of sp³-hybridized carbons (Fsp3) is 0.500. The molecule has 0 aliphatic carbocycles. The van der Waals surface area contributed by atoms with Crippen LogP contribution >= 0.6 is 31.9 Å². The van der Waals surface area contributed by atoms with Crippen molar-refractivity contribution < 1.29 is 31.4 Å². The van der Waals surface area contributed by atoms with E-state index >= 15 is 0 Å². The maximum atomic E-state index is 13.4. The van der Waals surface area contributed by atoms with E-state index in [4.69, 9.17) is 9.47 Å². The lowest BCUT2D eigenvalue weighted by atomic mass is 10.1. The molecule has 21 heavy (non-hydrogen) atoms. The molecule has 1 aliphatic rings. The average Bonchev–Trinajstić information content (AvgIpc) is 2.60. The Kier molecular flexibility index (Phi) is 4.72. The Balaban J connectivity index is 2.42. The zero-order valence-corrected chi connectivity index (χ0v) is 13.5. The number of rotatable bonds is 2. The summed E-state index contributed by atoms with van der Waals surface area (Å²) in [6, 6.07) is 2.46. The van der Waals surface area contributed by atoms with E-state index in [-0.39, 0.29) is 15.8 Å². The van der Waals surface area contributed by atoms with Gasteiger partial charge in [-0.2, -0.15) is 22.0 Å². The van der Waals surface area contributed by atoms with Crippen molar-refractivity contribution in [3.8, 4) is 11.5 Å². The highest BCUT2D eigenvalue weighted by Crippen LogP contribution is 2.51. The molecular formula is C12H9Br2F5O2. The van der Waals surface area contributed by atoms with E-state index in [1.54, 1.807) is 0 Å². The Morgan fingerprint density at radius 2 is 1.52 bits per heavy atom. The van der Waals surface area contributed by atoms with Crippen LogP contribution in [0.3, 0.4) is 0 Å². The Labute approximate surface area is 133 Å². The second kappa shape index (κ2) is 5.91. The molecule has 0 aromatic heterocycles. The van der Waals surface area contributed by atoms with Gasteiger partial charge >= 0.3 is 12.1 Å². The normalized spacial score (nSPS) is 17.3. The van der Waals surface area contributed by atoms with Crippen LogP contribution in [-0.4, -0.2) is 25.3 Å². The molecule has 0 saturated carbocycles. The molecule has 1 atom stereocenters. The SMILES string of the molecule is FC(F)(F)C(F)(F)C(Br)c1cc2c(cc1Br)OCCCO2. The van der Waals surface area contributed by atoms with Gasteiger partial charge in [-0.15, -0.1) is 0 Å². The molecule has 0 fully saturated rings.